The van der Waals surface area contributed by atoms with E-state index in [1.807, 2.05) is 0 Å². The van der Waals surface area contributed by atoms with Gasteiger partial charge in [0.05, 0.1) is 12.3 Å². The molecule has 5 saturated carbocycles. The second-order valence-electron chi connectivity index (χ2n) is 13.6. The molecule has 39 heavy (non-hydrogen) atoms. The second-order valence-corrected chi connectivity index (χ2v) is 13.6. The van der Waals surface area contributed by atoms with Gasteiger partial charge < -0.3 is 21.1 Å². The van der Waals surface area contributed by atoms with E-state index in [4.69, 9.17) is 4.98 Å². The molecule has 0 saturated heterocycles. The Kier molecular flexibility index (Phi) is 7.70. The Morgan fingerprint density at radius 2 is 1.87 bits per heavy atom. The van der Waals surface area contributed by atoms with Crippen molar-refractivity contribution in [2.24, 2.45) is 35.0 Å². The molecule has 6 atom stereocenters. The fourth-order valence-corrected chi connectivity index (χ4v) is 8.76. The highest BCUT2D eigenvalue weighted by molar-refractivity contribution is 5.54. The van der Waals surface area contributed by atoms with Crippen LogP contribution in [-0.4, -0.2) is 46.9 Å². The first-order valence-corrected chi connectivity index (χ1v) is 15.4. The molecule has 5 fully saturated rings. The van der Waals surface area contributed by atoms with Crippen molar-refractivity contribution in [1.29, 1.82) is 5.26 Å². The van der Waals surface area contributed by atoms with Gasteiger partial charge in [0.15, 0.2) is 0 Å². The van der Waals surface area contributed by atoms with Crippen LogP contribution in [0.3, 0.4) is 0 Å². The standard InChI is InChI=1S/C32H46N6O/c1-20-3-4-21(2)26(9-20)17-35-31-36-18-27(15-33)30(38-31)37-19-32-12-23-10-24(13-32)29(25(11-23)14-32)34-16-22-5-7-28(39)8-6-22/h4,9,18,20,22-25,28-29,34,39H,3,5-8,10-14,16-17,19H2,1-2H3,(H2,35,36,37,38)/t20?,22-,23?,24-,25+,28-,29?,32-. The maximum absolute atomic E-state index is 9.86. The highest BCUT2D eigenvalue weighted by atomic mass is 16.3. The van der Waals surface area contributed by atoms with Gasteiger partial charge in [-0.15, -0.1) is 0 Å². The molecule has 7 nitrogen and oxygen atoms in total. The van der Waals surface area contributed by atoms with Crippen LogP contribution in [0.2, 0.25) is 0 Å². The van der Waals surface area contributed by atoms with Crippen molar-refractivity contribution in [3.63, 3.8) is 0 Å². The monoisotopic (exact) mass is 530 g/mol. The van der Waals surface area contributed by atoms with Crippen LogP contribution in [0, 0.1) is 46.3 Å². The molecule has 6 aliphatic rings. The third kappa shape index (κ3) is 5.88. The lowest BCUT2D eigenvalue weighted by Gasteiger charge is -2.60. The number of nitrogens with zero attached hydrogens (tertiary/aromatic N) is 3. The number of aliphatic hydroxyl groups excluding tert-OH is 1. The maximum Gasteiger partial charge on any atom is 0.224 e. The van der Waals surface area contributed by atoms with Gasteiger partial charge in [0.2, 0.25) is 5.95 Å². The summed E-state index contributed by atoms with van der Waals surface area (Å²) in [6.07, 6.45) is 18.2. The van der Waals surface area contributed by atoms with E-state index in [-0.39, 0.29) is 6.10 Å². The van der Waals surface area contributed by atoms with Crippen LogP contribution in [0.1, 0.15) is 83.6 Å². The summed E-state index contributed by atoms with van der Waals surface area (Å²) in [5.74, 6) is 4.88. The SMILES string of the molecule is CC1=CCC(C)C=C1CNc1ncc(C#N)c(NC[C@]23CC4C[C@H](C2)C(NC[C@H]2CC[C@H](O)CC2)[C@@H](C4)C3)n1. The van der Waals surface area contributed by atoms with Crippen LogP contribution in [0.25, 0.3) is 0 Å². The van der Waals surface area contributed by atoms with Crippen molar-refractivity contribution >= 4 is 11.8 Å². The molecular formula is C32H46N6O. The largest absolute Gasteiger partial charge is 0.393 e. The average Bonchev–Trinajstić information content (AvgIpc) is 2.93. The van der Waals surface area contributed by atoms with E-state index in [2.05, 4.69) is 53.0 Å². The molecule has 3 unspecified atom stereocenters. The summed E-state index contributed by atoms with van der Waals surface area (Å²) in [6.45, 7) is 7.11. The first-order valence-electron chi connectivity index (χ1n) is 15.4. The summed E-state index contributed by atoms with van der Waals surface area (Å²) in [6, 6.07) is 2.95. The number of aliphatic hydroxyl groups is 1. The maximum atomic E-state index is 9.86. The Bertz CT molecular complexity index is 1130. The summed E-state index contributed by atoms with van der Waals surface area (Å²) >= 11 is 0. The summed E-state index contributed by atoms with van der Waals surface area (Å²) < 4.78 is 0. The lowest BCUT2D eigenvalue weighted by atomic mass is 9.48. The Hall–Kier alpha value is -2.43. The zero-order chi connectivity index (χ0) is 27.0. The van der Waals surface area contributed by atoms with Crippen LogP contribution in [0.4, 0.5) is 11.8 Å². The quantitative estimate of drug-likeness (QED) is 0.338. The van der Waals surface area contributed by atoms with E-state index in [1.54, 1.807) is 6.20 Å². The van der Waals surface area contributed by atoms with E-state index in [1.165, 1.54) is 43.3 Å². The lowest BCUT2D eigenvalue weighted by molar-refractivity contribution is -0.0704. The molecule has 7 heteroatoms. The minimum absolute atomic E-state index is 0.0717. The Labute approximate surface area is 234 Å². The lowest BCUT2D eigenvalue weighted by Crippen LogP contribution is -2.60. The predicted molar refractivity (Wildman–Crippen MR) is 155 cm³/mol. The van der Waals surface area contributed by atoms with E-state index >= 15 is 0 Å². The number of rotatable bonds is 9. The molecule has 0 radical (unpaired) electrons. The highest BCUT2D eigenvalue weighted by Crippen LogP contribution is 2.60. The summed E-state index contributed by atoms with van der Waals surface area (Å²) in [4.78, 5) is 9.19. The molecule has 1 aromatic rings. The molecule has 1 heterocycles. The average molecular weight is 531 g/mol. The third-order valence-electron chi connectivity index (χ3n) is 10.6. The van der Waals surface area contributed by atoms with Gasteiger partial charge in [-0.3, -0.25) is 0 Å². The Balaban J connectivity index is 1.07. The van der Waals surface area contributed by atoms with E-state index in [0.717, 1.165) is 68.9 Å². The number of nitriles is 1. The predicted octanol–water partition coefficient (Wildman–Crippen LogP) is 5.42. The van der Waals surface area contributed by atoms with Gasteiger partial charge in [0.25, 0.3) is 0 Å². The smallest absolute Gasteiger partial charge is 0.224 e. The minimum Gasteiger partial charge on any atom is -0.393 e. The van der Waals surface area contributed by atoms with Crippen LogP contribution in [0.5, 0.6) is 0 Å². The van der Waals surface area contributed by atoms with E-state index < -0.39 is 0 Å². The second kappa shape index (κ2) is 11.2. The number of anilines is 2. The molecule has 210 valence electrons. The van der Waals surface area contributed by atoms with Gasteiger partial charge in [-0.2, -0.15) is 10.2 Å². The van der Waals surface area contributed by atoms with Crippen molar-refractivity contribution in [3.8, 4) is 6.07 Å². The zero-order valence-corrected chi connectivity index (χ0v) is 23.8. The van der Waals surface area contributed by atoms with Gasteiger partial charge in [0.1, 0.15) is 17.5 Å². The molecule has 0 amide bonds. The van der Waals surface area contributed by atoms with Crippen molar-refractivity contribution in [1.82, 2.24) is 15.3 Å². The molecule has 1 aromatic heterocycles. The molecule has 6 aliphatic carbocycles. The third-order valence-corrected chi connectivity index (χ3v) is 10.6. The molecular weight excluding hydrogens is 484 g/mol. The topological polar surface area (TPSA) is 106 Å². The van der Waals surface area contributed by atoms with Gasteiger partial charge in [-0.25, -0.2) is 4.98 Å². The summed E-state index contributed by atoms with van der Waals surface area (Å²) in [5.41, 5.74) is 3.44. The van der Waals surface area contributed by atoms with Crippen LogP contribution in [-0.2, 0) is 0 Å². The number of nitrogens with one attached hydrogen (secondary N) is 3. The van der Waals surface area contributed by atoms with E-state index in [0.29, 0.717) is 41.2 Å². The van der Waals surface area contributed by atoms with Gasteiger partial charge in [0, 0.05) is 19.1 Å². The first-order chi connectivity index (χ1) is 18.9. The van der Waals surface area contributed by atoms with Crippen LogP contribution < -0.4 is 16.0 Å². The van der Waals surface area contributed by atoms with E-state index in [9.17, 15) is 10.4 Å². The molecule has 4 N–H and O–H groups in total. The Morgan fingerprint density at radius 1 is 1.10 bits per heavy atom. The molecule has 0 aromatic carbocycles. The zero-order valence-electron chi connectivity index (χ0n) is 23.8. The molecule has 7 rings (SSSR count). The van der Waals surface area contributed by atoms with Crippen molar-refractivity contribution in [3.05, 3.63) is 35.1 Å². The van der Waals surface area contributed by atoms with Crippen molar-refractivity contribution < 1.29 is 5.11 Å². The number of hydrogen-bond donors (Lipinski definition) is 4. The van der Waals surface area contributed by atoms with Crippen molar-refractivity contribution in [2.75, 3.05) is 30.3 Å². The molecule has 0 aliphatic heterocycles. The number of allylic oxidation sites excluding steroid dienone is 2. The summed E-state index contributed by atoms with van der Waals surface area (Å²) in [5, 5.41) is 30.7. The Morgan fingerprint density at radius 3 is 2.62 bits per heavy atom. The van der Waals surface area contributed by atoms with Gasteiger partial charge in [-0.05, 0) is 118 Å². The first kappa shape index (κ1) is 26.8. The molecule has 4 bridgehead atoms. The fraction of sp³-hybridized carbons (Fsp3) is 0.719. The minimum atomic E-state index is -0.0717. The fourth-order valence-electron chi connectivity index (χ4n) is 8.76. The van der Waals surface area contributed by atoms with Gasteiger partial charge >= 0.3 is 0 Å². The highest BCUT2D eigenvalue weighted by Gasteiger charge is 2.55. The number of aromatic nitrogens is 2. The summed E-state index contributed by atoms with van der Waals surface area (Å²) in [7, 11) is 0. The van der Waals surface area contributed by atoms with Crippen molar-refractivity contribution in [2.45, 2.75) is 90.2 Å². The normalized spacial score (nSPS) is 37.1. The molecule has 0 spiro atoms. The van der Waals surface area contributed by atoms with Crippen LogP contribution in [0.15, 0.2) is 29.5 Å². The number of hydrogen-bond acceptors (Lipinski definition) is 7. The van der Waals surface area contributed by atoms with Gasteiger partial charge in [-0.1, -0.05) is 24.6 Å². The van der Waals surface area contributed by atoms with Crippen LogP contribution >= 0.6 is 0 Å².